The predicted molar refractivity (Wildman–Crippen MR) is 75.0 cm³/mol. The molecule has 0 aliphatic rings. The van der Waals surface area contributed by atoms with E-state index in [4.69, 9.17) is 4.74 Å². The molecule has 2 aromatic carbocycles. The average Bonchev–Trinajstić information content (AvgIpc) is 2.46. The van der Waals surface area contributed by atoms with Gasteiger partial charge in [0.25, 0.3) is 0 Å². The lowest BCUT2D eigenvalue weighted by atomic mass is 10.1. The van der Waals surface area contributed by atoms with E-state index in [2.05, 4.69) is 5.32 Å². The first kappa shape index (κ1) is 15.4. The third-order valence-corrected chi connectivity index (χ3v) is 3.05. The van der Waals surface area contributed by atoms with Gasteiger partial charge in [-0.25, -0.2) is 0 Å². The van der Waals surface area contributed by atoms with Gasteiger partial charge in [-0.15, -0.1) is 0 Å². The van der Waals surface area contributed by atoms with Crippen LogP contribution in [0.15, 0.2) is 48.5 Å². The van der Waals surface area contributed by atoms with Gasteiger partial charge >= 0.3 is 6.18 Å². The fraction of sp³-hybridized carbons (Fsp3) is 0.250. The molecule has 21 heavy (non-hydrogen) atoms. The van der Waals surface area contributed by atoms with Gasteiger partial charge in [-0.3, -0.25) is 0 Å². The summed E-state index contributed by atoms with van der Waals surface area (Å²) in [5.41, 5.74) is 0.379. The van der Waals surface area contributed by atoms with Crippen LogP contribution in [0.2, 0.25) is 0 Å². The minimum atomic E-state index is -4.37. The Morgan fingerprint density at radius 2 is 1.57 bits per heavy atom. The van der Waals surface area contributed by atoms with E-state index in [-0.39, 0.29) is 12.2 Å². The van der Waals surface area contributed by atoms with E-state index in [0.717, 1.165) is 11.6 Å². The molecule has 0 spiro atoms. The van der Waals surface area contributed by atoms with E-state index in [1.165, 1.54) is 12.1 Å². The normalized spacial score (nSPS) is 11.4. The fourth-order valence-electron chi connectivity index (χ4n) is 2.06. The average molecular weight is 295 g/mol. The topological polar surface area (TPSA) is 21.3 Å². The van der Waals surface area contributed by atoms with Crippen LogP contribution in [-0.4, -0.2) is 7.05 Å². The summed E-state index contributed by atoms with van der Waals surface area (Å²) in [4.78, 5) is 0. The van der Waals surface area contributed by atoms with Crippen molar-refractivity contribution in [2.45, 2.75) is 19.3 Å². The van der Waals surface area contributed by atoms with Gasteiger partial charge in [-0.2, -0.15) is 13.2 Å². The number of para-hydroxylation sites is 1. The third kappa shape index (κ3) is 3.98. The molecule has 5 heteroatoms. The predicted octanol–water partition coefficient (Wildman–Crippen LogP) is 4.00. The highest BCUT2D eigenvalue weighted by molar-refractivity contribution is 5.34. The van der Waals surface area contributed by atoms with E-state index in [1.54, 1.807) is 25.2 Å². The Morgan fingerprint density at radius 3 is 2.24 bits per heavy atom. The summed E-state index contributed by atoms with van der Waals surface area (Å²) < 4.78 is 44.3. The number of benzene rings is 2. The highest BCUT2D eigenvalue weighted by Crippen LogP contribution is 2.32. The second-order valence-corrected chi connectivity index (χ2v) is 4.58. The Bertz CT molecular complexity index is 596. The van der Waals surface area contributed by atoms with E-state index >= 15 is 0 Å². The Hall–Kier alpha value is -2.01. The van der Waals surface area contributed by atoms with Crippen molar-refractivity contribution in [3.05, 3.63) is 65.2 Å². The molecule has 0 aliphatic carbocycles. The lowest BCUT2D eigenvalue weighted by Gasteiger charge is -2.15. The van der Waals surface area contributed by atoms with Crippen molar-refractivity contribution in [1.29, 1.82) is 0 Å². The van der Waals surface area contributed by atoms with Gasteiger partial charge in [0.15, 0.2) is 0 Å². The van der Waals surface area contributed by atoms with Crippen molar-refractivity contribution in [3.63, 3.8) is 0 Å². The van der Waals surface area contributed by atoms with Gasteiger partial charge in [0.05, 0.1) is 5.56 Å². The van der Waals surface area contributed by atoms with E-state index in [0.29, 0.717) is 12.3 Å². The molecule has 0 aliphatic heterocycles. The molecule has 2 rings (SSSR count). The second-order valence-electron chi connectivity index (χ2n) is 4.58. The lowest BCUT2D eigenvalue weighted by Crippen LogP contribution is -2.12. The summed E-state index contributed by atoms with van der Waals surface area (Å²) in [6.45, 7) is 0.480. The molecule has 0 atom stereocenters. The molecule has 0 amide bonds. The fourth-order valence-corrected chi connectivity index (χ4v) is 2.06. The Kier molecular flexibility index (Phi) is 4.85. The number of rotatable bonds is 5. The molecule has 112 valence electrons. The number of hydrogen-bond acceptors (Lipinski definition) is 2. The summed E-state index contributed by atoms with van der Waals surface area (Å²) in [6.07, 6.45) is -4.37. The molecule has 2 nitrogen and oxygen atoms in total. The minimum absolute atomic E-state index is 0.115. The summed E-state index contributed by atoms with van der Waals surface area (Å²) in [5.74, 6) is 0.587. The van der Waals surface area contributed by atoms with Crippen molar-refractivity contribution in [2.75, 3.05) is 7.05 Å². The van der Waals surface area contributed by atoms with Crippen molar-refractivity contribution in [1.82, 2.24) is 5.32 Å². The third-order valence-electron chi connectivity index (χ3n) is 3.05. The van der Waals surface area contributed by atoms with Crippen molar-refractivity contribution >= 4 is 0 Å². The zero-order chi connectivity index (χ0) is 15.3. The Labute approximate surface area is 121 Å². The highest BCUT2D eigenvalue weighted by atomic mass is 19.4. The van der Waals surface area contributed by atoms with Crippen LogP contribution in [0.3, 0.4) is 0 Å². The summed E-state index contributed by atoms with van der Waals surface area (Å²) in [7, 11) is 1.80. The minimum Gasteiger partial charge on any atom is -0.489 e. The number of nitrogens with one attached hydrogen (secondary N) is 1. The van der Waals surface area contributed by atoms with Crippen LogP contribution in [-0.2, 0) is 19.3 Å². The molecule has 0 aromatic heterocycles. The van der Waals surface area contributed by atoms with E-state index in [9.17, 15) is 13.2 Å². The van der Waals surface area contributed by atoms with Gasteiger partial charge in [0.2, 0.25) is 0 Å². The van der Waals surface area contributed by atoms with Crippen LogP contribution in [0.4, 0.5) is 13.2 Å². The molecular weight excluding hydrogens is 279 g/mol. The lowest BCUT2D eigenvalue weighted by molar-refractivity contribution is -0.138. The number of halogens is 3. The Morgan fingerprint density at radius 1 is 0.952 bits per heavy atom. The summed E-state index contributed by atoms with van der Waals surface area (Å²) in [6, 6.07) is 12.7. The second kappa shape index (κ2) is 6.63. The van der Waals surface area contributed by atoms with Crippen molar-refractivity contribution < 1.29 is 17.9 Å². The number of alkyl halides is 3. The largest absolute Gasteiger partial charge is 0.489 e. The SMILES string of the molecule is CNCc1ccccc1OCc1ccccc1C(F)(F)F. The maximum Gasteiger partial charge on any atom is 0.416 e. The molecular formula is C16H16F3NO. The van der Waals surface area contributed by atoms with Crippen LogP contribution in [0.1, 0.15) is 16.7 Å². The first-order valence-corrected chi connectivity index (χ1v) is 6.53. The monoisotopic (exact) mass is 295 g/mol. The first-order chi connectivity index (χ1) is 10.0. The van der Waals surface area contributed by atoms with Crippen LogP contribution in [0.25, 0.3) is 0 Å². The Balaban J connectivity index is 2.18. The van der Waals surface area contributed by atoms with Crippen LogP contribution < -0.4 is 10.1 Å². The molecule has 0 fully saturated rings. The molecule has 0 radical (unpaired) electrons. The zero-order valence-corrected chi connectivity index (χ0v) is 11.6. The van der Waals surface area contributed by atoms with E-state index < -0.39 is 11.7 Å². The molecule has 0 bridgehead atoms. The van der Waals surface area contributed by atoms with Crippen molar-refractivity contribution in [3.8, 4) is 5.75 Å². The summed E-state index contributed by atoms with van der Waals surface area (Å²) >= 11 is 0. The number of hydrogen-bond donors (Lipinski definition) is 1. The molecule has 0 heterocycles. The molecule has 1 N–H and O–H groups in total. The van der Waals surface area contributed by atoms with Gasteiger partial charge in [0, 0.05) is 17.7 Å². The van der Waals surface area contributed by atoms with Gasteiger partial charge in [-0.05, 0) is 19.2 Å². The van der Waals surface area contributed by atoms with Gasteiger partial charge in [-0.1, -0.05) is 36.4 Å². The number of ether oxygens (including phenoxy) is 1. The molecule has 0 saturated carbocycles. The molecule has 0 saturated heterocycles. The maximum atomic E-state index is 12.9. The van der Waals surface area contributed by atoms with Gasteiger partial charge < -0.3 is 10.1 Å². The smallest absolute Gasteiger partial charge is 0.416 e. The van der Waals surface area contributed by atoms with Crippen LogP contribution >= 0.6 is 0 Å². The van der Waals surface area contributed by atoms with Crippen LogP contribution in [0, 0.1) is 0 Å². The van der Waals surface area contributed by atoms with Crippen LogP contribution in [0.5, 0.6) is 5.75 Å². The molecule has 0 unspecified atom stereocenters. The first-order valence-electron chi connectivity index (χ1n) is 6.53. The van der Waals surface area contributed by atoms with Gasteiger partial charge in [0.1, 0.15) is 12.4 Å². The zero-order valence-electron chi connectivity index (χ0n) is 11.6. The summed E-state index contributed by atoms with van der Waals surface area (Å²) in [5, 5.41) is 3.00. The highest BCUT2D eigenvalue weighted by Gasteiger charge is 2.32. The van der Waals surface area contributed by atoms with E-state index in [1.807, 2.05) is 12.1 Å². The maximum absolute atomic E-state index is 12.9. The molecule has 2 aromatic rings. The van der Waals surface area contributed by atoms with Crippen molar-refractivity contribution in [2.24, 2.45) is 0 Å². The standard InChI is InChI=1S/C16H16F3NO/c1-20-10-12-6-3-5-9-15(12)21-11-13-7-2-4-8-14(13)16(17,18)19/h2-9,20H,10-11H2,1H3. The quantitative estimate of drug-likeness (QED) is 0.900.